The first-order valence-corrected chi connectivity index (χ1v) is 4.99. The lowest BCUT2D eigenvalue weighted by Crippen LogP contribution is -2.54. The summed E-state index contributed by atoms with van der Waals surface area (Å²) in [6.07, 6.45) is 1.35. The second-order valence-corrected chi connectivity index (χ2v) is 3.92. The molecule has 0 saturated carbocycles. The number of hydrogen-bond donors (Lipinski definition) is 0. The molecule has 3 heteroatoms. The highest BCUT2D eigenvalue weighted by atomic mass is 127. The molecule has 1 rings (SSSR count). The summed E-state index contributed by atoms with van der Waals surface area (Å²) in [5.74, 6) is 0. The molecule has 1 fully saturated rings. The minimum atomic E-state index is 0.690. The van der Waals surface area contributed by atoms with Gasteiger partial charge in [0.05, 0.1) is 0 Å². The van der Waals surface area contributed by atoms with Crippen LogP contribution in [0, 0.1) is 5.41 Å². The molecular weight excluding hydrogens is 224 g/mol. The first kappa shape index (κ1) is 7.86. The van der Waals surface area contributed by atoms with Crippen molar-refractivity contribution in [1.82, 2.24) is 4.90 Å². The fraction of sp³-hybridized carbons (Fsp3) is 1.00. The Morgan fingerprint density at radius 3 is 2.33 bits per heavy atom. The molecule has 1 nitrogen and oxygen atoms in total. The highest BCUT2D eigenvalue weighted by Gasteiger charge is 2.37. The molecule has 52 valence electrons. The van der Waals surface area contributed by atoms with Crippen LogP contribution in [0.25, 0.3) is 0 Å². The molecule has 0 radical (unpaired) electrons. The van der Waals surface area contributed by atoms with Gasteiger partial charge in [0.1, 0.15) is 7.85 Å². The van der Waals surface area contributed by atoms with Crippen LogP contribution in [0.15, 0.2) is 0 Å². The quantitative estimate of drug-likeness (QED) is 0.381. The van der Waals surface area contributed by atoms with Crippen LogP contribution in [0.4, 0.5) is 0 Å². The van der Waals surface area contributed by atoms with Crippen molar-refractivity contribution in [2.45, 2.75) is 6.32 Å². The molecule has 1 heterocycles. The van der Waals surface area contributed by atoms with Gasteiger partial charge in [0.15, 0.2) is 0 Å². The van der Waals surface area contributed by atoms with Gasteiger partial charge in [-0.3, -0.25) is 0 Å². The molecule has 0 atom stereocenters. The van der Waals surface area contributed by atoms with Crippen molar-refractivity contribution in [1.29, 1.82) is 0 Å². The maximum absolute atomic E-state index is 2.50. The van der Waals surface area contributed by atoms with E-state index in [0.717, 1.165) is 0 Å². The fourth-order valence-corrected chi connectivity index (χ4v) is 2.52. The van der Waals surface area contributed by atoms with Crippen LogP contribution < -0.4 is 0 Å². The fourth-order valence-electron chi connectivity index (χ4n) is 1.50. The molecule has 1 saturated heterocycles. The largest absolute Gasteiger partial charge is 0.305 e. The van der Waals surface area contributed by atoms with E-state index in [4.69, 9.17) is 0 Å². The Labute approximate surface area is 71.7 Å². The zero-order valence-electron chi connectivity index (χ0n) is 6.15. The van der Waals surface area contributed by atoms with Gasteiger partial charge in [-0.2, -0.15) is 0 Å². The molecule has 1 aliphatic rings. The van der Waals surface area contributed by atoms with Crippen LogP contribution in [-0.2, 0) is 0 Å². The van der Waals surface area contributed by atoms with Crippen molar-refractivity contribution in [3.8, 4) is 0 Å². The number of alkyl halides is 1. The summed E-state index contributed by atoms with van der Waals surface area (Å²) < 4.78 is 1.32. The maximum Gasteiger partial charge on any atom is 0.102 e. The standard InChI is InChI=1S/C6H13BIN/c1-9-4-6(2-7,3-8)5-9/h2-5,7H2,1H3. The Morgan fingerprint density at radius 1 is 1.67 bits per heavy atom. The van der Waals surface area contributed by atoms with Crippen LogP contribution in [0.3, 0.4) is 0 Å². The number of hydrogen-bond acceptors (Lipinski definition) is 1. The van der Waals surface area contributed by atoms with E-state index in [1.54, 1.807) is 0 Å². The average Bonchev–Trinajstić information content (AvgIpc) is 1.81. The van der Waals surface area contributed by atoms with Crippen LogP contribution in [-0.4, -0.2) is 37.3 Å². The van der Waals surface area contributed by atoms with Crippen LogP contribution in [0.5, 0.6) is 0 Å². The minimum Gasteiger partial charge on any atom is -0.305 e. The molecule has 0 aromatic heterocycles. The molecule has 1 aliphatic heterocycles. The molecule has 0 amide bonds. The van der Waals surface area contributed by atoms with Crippen molar-refractivity contribution < 1.29 is 0 Å². The summed E-state index contributed by atoms with van der Waals surface area (Å²) in [4.78, 5) is 2.39. The van der Waals surface area contributed by atoms with Gasteiger partial charge in [-0.25, -0.2) is 0 Å². The Hall–Kier alpha value is 0.755. The minimum absolute atomic E-state index is 0.690. The van der Waals surface area contributed by atoms with E-state index in [2.05, 4.69) is 42.4 Å². The zero-order chi connectivity index (χ0) is 6.91. The number of likely N-dealkylation sites (tertiary alicyclic amines) is 1. The van der Waals surface area contributed by atoms with Gasteiger partial charge in [0.2, 0.25) is 0 Å². The Kier molecular flexibility index (Phi) is 2.43. The van der Waals surface area contributed by atoms with Crippen molar-refractivity contribution in [2.75, 3.05) is 24.6 Å². The third-order valence-electron chi connectivity index (χ3n) is 2.24. The summed E-state index contributed by atoms with van der Waals surface area (Å²) >= 11 is 2.50. The van der Waals surface area contributed by atoms with Gasteiger partial charge in [-0.15, -0.1) is 0 Å². The Morgan fingerprint density at radius 2 is 2.22 bits per heavy atom. The van der Waals surface area contributed by atoms with E-state index >= 15 is 0 Å². The van der Waals surface area contributed by atoms with E-state index < -0.39 is 0 Å². The van der Waals surface area contributed by atoms with E-state index in [-0.39, 0.29) is 0 Å². The number of halogens is 1. The van der Waals surface area contributed by atoms with Gasteiger partial charge in [-0.1, -0.05) is 28.9 Å². The summed E-state index contributed by atoms with van der Waals surface area (Å²) in [5, 5.41) is 0. The molecule has 0 spiro atoms. The predicted molar refractivity (Wildman–Crippen MR) is 52.2 cm³/mol. The SMILES string of the molecule is BCC1(CI)CN(C)C1. The zero-order valence-corrected chi connectivity index (χ0v) is 8.31. The summed E-state index contributed by atoms with van der Waals surface area (Å²) in [6.45, 7) is 2.62. The molecule has 0 bridgehead atoms. The lowest BCUT2D eigenvalue weighted by molar-refractivity contribution is 0.0645. The van der Waals surface area contributed by atoms with Crippen molar-refractivity contribution >= 4 is 30.4 Å². The van der Waals surface area contributed by atoms with Crippen molar-refractivity contribution in [2.24, 2.45) is 5.41 Å². The first-order chi connectivity index (χ1) is 4.22. The van der Waals surface area contributed by atoms with Gasteiger partial charge < -0.3 is 4.90 Å². The normalized spacial score (nSPS) is 25.6. The van der Waals surface area contributed by atoms with E-state index in [1.165, 1.54) is 23.8 Å². The lowest BCUT2D eigenvalue weighted by atomic mass is 9.72. The van der Waals surface area contributed by atoms with Crippen molar-refractivity contribution in [3.05, 3.63) is 0 Å². The molecule has 0 N–H and O–H groups in total. The van der Waals surface area contributed by atoms with Crippen LogP contribution in [0.1, 0.15) is 0 Å². The molecular formula is C6H13BIN. The average molecular weight is 237 g/mol. The molecule has 0 unspecified atom stereocenters. The second-order valence-electron chi connectivity index (χ2n) is 3.16. The third-order valence-corrected chi connectivity index (χ3v) is 3.86. The summed E-state index contributed by atoms with van der Waals surface area (Å²) in [5.41, 5.74) is 0.690. The monoisotopic (exact) mass is 237 g/mol. The molecule has 0 aromatic carbocycles. The van der Waals surface area contributed by atoms with Gasteiger partial charge >= 0.3 is 0 Å². The summed E-state index contributed by atoms with van der Waals surface area (Å²) in [6, 6.07) is 0. The second kappa shape index (κ2) is 2.78. The Bertz CT molecular complexity index is 95.2. The number of nitrogens with zero attached hydrogens (tertiary/aromatic N) is 1. The highest BCUT2D eigenvalue weighted by molar-refractivity contribution is 14.1. The smallest absolute Gasteiger partial charge is 0.102 e. The topological polar surface area (TPSA) is 3.24 Å². The number of rotatable bonds is 2. The maximum atomic E-state index is 2.50. The third kappa shape index (κ3) is 1.42. The highest BCUT2D eigenvalue weighted by Crippen LogP contribution is 2.33. The summed E-state index contributed by atoms with van der Waals surface area (Å²) in [7, 11) is 4.49. The molecule has 9 heavy (non-hydrogen) atoms. The van der Waals surface area contributed by atoms with Gasteiger partial charge in [-0.05, 0) is 12.5 Å². The van der Waals surface area contributed by atoms with Crippen LogP contribution >= 0.6 is 22.6 Å². The predicted octanol–water partition coefficient (Wildman–Crippen LogP) is 0.405. The van der Waals surface area contributed by atoms with Gasteiger partial charge in [0.25, 0.3) is 0 Å². The molecule has 0 aromatic rings. The van der Waals surface area contributed by atoms with Crippen LogP contribution in [0.2, 0.25) is 6.32 Å². The van der Waals surface area contributed by atoms with Gasteiger partial charge in [0, 0.05) is 17.5 Å². The van der Waals surface area contributed by atoms with E-state index in [1.807, 2.05) is 0 Å². The van der Waals surface area contributed by atoms with E-state index in [9.17, 15) is 0 Å². The van der Waals surface area contributed by atoms with Crippen molar-refractivity contribution in [3.63, 3.8) is 0 Å². The Balaban J connectivity index is 2.36. The van der Waals surface area contributed by atoms with E-state index in [0.29, 0.717) is 5.41 Å². The lowest BCUT2D eigenvalue weighted by Gasteiger charge is -2.47. The first-order valence-electron chi connectivity index (χ1n) is 3.47. The molecule has 0 aliphatic carbocycles.